The summed E-state index contributed by atoms with van der Waals surface area (Å²) in [5, 5.41) is 8.99. The Hall–Kier alpha value is -0.750. The molecule has 5 heteroatoms. The maximum Gasteiger partial charge on any atom is 0.124 e. The molecule has 2 aromatic heterocycles. The largest absolute Gasteiger partial charge is 0.316 e. The van der Waals surface area contributed by atoms with Crippen molar-refractivity contribution in [2.24, 2.45) is 5.41 Å². The Morgan fingerprint density at radius 2 is 2.40 bits per heavy atom. The second-order valence-corrected chi connectivity index (χ2v) is 7.93. The molecule has 106 valence electrons. The average molecular weight is 305 g/mol. The standard InChI is InChI=1S/C15H19N3S2/c1-6-19-9-12(1)14-17-7-13(20-14)8-18-5-3-15(11-18)2-4-16-10-15/h1,6-7,9,16H,2-5,8,10-11H2. The van der Waals surface area contributed by atoms with Crippen molar-refractivity contribution in [3.05, 3.63) is 27.9 Å². The van der Waals surface area contributed by atoms with Gasteiger partial charge in [0.05, 0.1) is 0 Å². The minimum Gasteiger partial charge on any atom is -0.316 e. The lowest BCUT2D eigenvalue weighted by Gasteiger charge is -2.22. The second kappa shape index (κ2) is 5.22. The molecule has 20 heavy (non-hydrogen) atoms. The monoisotopic (exact) mass is 305 g/mol. The molecular formula is C15H19N3S2. The Morgan fingerprint density at radius 3 is 3.20 bits per heavy atom. The van der Waals surface area contributed by atoms with Crippen LogP contribution < -0.4 is 5.32 Å². The zero-order valence-corrected chi connectivity index (χ0v) is 13.1. The molecule has 0 radical (unpaired) electrons. The van der Waals surface area contributed by atoms with Crippen molar-refractivity contribution < 1.29 is 0 Å². The van der Waals surface area contributed by atoms with Crippen molar-refractivity contribution in [3.63, 3.8) is 0 Å². The number of likely N-dealkylation sites (tertiary alicyclic amines) is 1. The van der Waals surface area contributed by atoms with Gasteiger partial charge >= 0.3 is 0 Å². The fourth-order valence-corrected chi connectivity index (χ4v) is 5.09. The number of rotatable bonds is 3. The summed E-state index contributed by atoms with van der Waals surface area (Å²) in [6, 6.07) is 2.16. The quantitative estimate of drug-likeness (QED) is 0.944. The fraction of sp³-hybridized carbons (Fsp3) is 0.533. The number of thiazole rings is 1. The van der Waals surface area contributed by atoms with Crippen molar-refractivity contribution in [2.75, 3.05) is 26.2 Å². The van der Waals surface area contributed by atoms with Gasteiger partial charge in [-0.05, 0) is 42.8 Å². The number of nitrogens with zero attached hydrogens (tertiary/aromatic N) is 2. The molecule has 0 saturated carbocycles. The Kier molecular flexibility index (Phi) is 3.38. The molecular weight excluding hydrogens is 286 g/mol. The summed E-state index contributed by atoms with van der Waals surface area (Å²) in [4.78, 5) is 8.58. The van der Waals surface area contributed by atoms with Gasteiger partial charge in [-0.25, -0.2) is 4.98 Å². The fourth-order valence-electron chi connectivity index (χ4n) is 3.43. The van der Waals surface area contributed by atoms with Crippen molar-refractivity contribution in [3.8, 4) is 10.6 Å². The van der Waals surface area contributed by atoms with E-state index in [1.165, 1.54) is 49.5 Å². The molecule has 0 aromatic carbocycles. The minimum atomic E-state index is 0.570. The van der Waals surface area contributed by atoms with Crippen molar-refractivity contribution >= 4 is 22.7 Å². The SMILES string of the molecule is c1cc(-c2ncc(CN3CCC4(CCNC4)C3)s2)cs1. The van der Waals surface area contributed by atoms with Gasteiger partial charge in [-0.15, -0.1) is 11.3 Å². The van der Waals surface area contributed by atoms with E-state index in [9.17, 15) is 0 Å². The Balaban J connectivity index is 1.43. The smallest absolute Gasteiger partial charge is 0.124 e. The average Bonchev–Trinajstić information content (AvgIpc) is 3.21. The van der Waals surface area contributed by atoms with Crippen LogP contribution in [0.25, 0.3) is 10.6 Å². The maximum absolute atomic E-state index is 4.58. The van der Waals surface area contributed by atoms with Gasteiger partial charge in [0.2, 0.25) is 0 Å². The molecule has 0 amide bonds. The first-order valence-corrected chi connectivity index (χ1v) is 8.99. The molecule has 0 bridgehead atoms. The van der Waals surface area contributed by atoms with Gasteiger partial charge in [0.15, 0.2) is 0 Å². The van der Waals surface area contributed by atoms with E-state index in [0.717, 1.165) is 11.6 Å². The van der Waals surface area contributed by atoms with Gasteiger partial charge in [-0.3, -0.25) is 4.90 Å². The highest BCUT2D eigenvalue weighted by atomic mass is 32.1. The van der Waals surface area contributed by atoms with Crippen LogP contribution in [0, 0.1) is 5.41 Å². The first-order valence-electron chi connectivity index (χ1n) is 7.23. The third-order valence-corrected chi connectivity index (χ3v) is 6.27. The van der Waals surface area contributed by atoms with Crippen molar-refractivity contribution in [1.82, 2.24) is 15.2 Å². The number of hydrogen-bond donors (Lipinski definition) is 1. The van der Waals surface area contributed by atoms with Crippen LogP contribution in [0.5, 0.6) is 0 Å². The lowest BCUT2D eigenvalue weighted by Crippen LogP contribution is -2.28. The van der Waals surface area contributed by atoms with Gasteiger partial charge in [0.1, 0.15) is 5.01 Å². The molecule has 2 aliphatic heterocycles. The van der Waals surface area contributed by atoms with Gasteiger partial charge < -0.3 is 5.32 Å². The molecule has 1 atom stereocenters. The summed E-state index contributed by atoms with van der Waals surface area (Å²) in [6.45, 7) is 5.99. The summed E-state index contributed by atoms with van der Waals surface area (Å²) in [5.41, 5.74) is 1.84. The van der Waals surface area contributed by atoms with Crippen molar-refractivity contribution in [2.45, 2.75) is 19.4 Å². The lowest BCUT2D eigenvalue weighted by atomic mass is 9.87. The van der Waals surface area contributed by atoms with E-state index in [0.29, 0.717) is 5.41 Å². The van der Waals surface area contributed by atoms with E-state index in [1.807, 2.05) is 11.3 Å². The molecule has 1 N–H and O–H groups in total. The topological polar surface area (TPSA) is 28.2 Å². The zero-order chi connectivity index (χ0) is 13.4. The predicted molar refractivity (Wildman–Crippen MR) is 85.2 cm³/mol. The van der Waals surface area contributed by atoms with E-state index < -0.39 is 0 Å². The van der Waals surface area contributed by atoms with E-state index >= 15 is 0 Å². The van der Waals surface area contributed by atoms with Crippen LogP contribution in [0.3, 0.4) is 0 Å². The summed E-state index contributed by atoms with van der Waals surface area (Å²) in [6.07, 6.45) is 4.78. The van der Waals surface area contributed by atoms with E-state index in [-0.39, 0.29) is 0 Å². The molecule has 3 nitrogen and oxygen atoms in total. The normalized spacial score (nSPS) is 26.8. The third-order valence-electron chi connectivity index (χ3n) is 4.55. The highest BCUT2D eigenvalue weighted by Gasteiger charge is 2.40. The van der Waals surface area contributed by atoms with Gasteiger partial charge in [0.25, 0.3) is 0 Å². The molecule has 0 aliphatic carbocycles. The zero-order valence-electron chi connectivity index (χ0n) is 11.5. The van der Waals surface area contributed by atoms with E-state index in [1.54, 1.807) is 11.3 Å². The highest BCUT2D eigenvalue weighted by molar-refractivity contribution is 7.15. The highest BCUT2D eigenvalue weighted by Crippen LogP contribution is 2.37. The summed E-state index contributed by atoms with van der Waals surface area (Å²) in [5.74, 6) is 0. The maximum atomic E-state index is 4.58. The van der Waals surface area contributed by atoms with Crippen LogP contribution >= 0.6 is 22.7 Å². The molecule has 2 aromatic rings. The number of nitrogens with one attached hydrogen (secondary N) is 1. The molecule has 2 saturated heterocycles. The first-order chi connectivity index (χ1) is 9.83. The van der Waals surface area contributed by atoms with Crippen LogP contribution in [0.4, 0.5) is 0 Å². The molecule has 4 heterocycles. The van der Waals surface area contributed by atoms with Crippen molar-refractivity contribution in [1.29, 1.82) is 0 Å². The molecule has 2 fully saturated rings. The van der Waals surface area contributed by atoms with E-state index in [2.05, 4.69) is 38.2 Å². The van der Waals surface area contributed by atoms with Gasteiger partial charge in [-0.2, -0.15) is 11.3 Å². The van der Waals surface area contributed by atoms with Crippen LogP contribution in [-0.2, 0) is 6.54 Å². The molecule has 1 spiro atoms. The first kappa shape index (κ1) is 13.0. The minimum absolute atomic E-state index is 0.570. The Morgan fingerprint density at radius 1 is 1.40 bits per heavy atom. The predicted octanol–water partition coefficient (Wildman–Crippen LogP) is 3.06. The summed E-state index contributed by atoms with van der Waals surface area (Å²) >= 11 is 3.59. The number of hydrogen-bond acceptors (Lipinski definition) is 5. The molecule has 2 aliphatic rings. The van der Waals surface area contributed by atoms with Crippen LogP contribution in [0.2, 0.25) is 0 Å². The number of thiophene rings is 1. The Labute approximate surface area is 127 Å². The number of aromatic nitrogens is 1. The third kappa shape index (κ3) is 2.44. The van der Waals surface area contributed by atoms with Crippen LogP contribution in [-0.4, -0.2) is 36.1 Å². The summed E-state index contributed by atoms with van der Waals surface area (Å²) in [7, 11) is 0. The molecule has 4 rings (SSSR count). The Bertz CT molecular complexity index is 570. The summed E-state index contributed by atoms with van der Waals surface area (Å²) < 4.78 is 0. The van der Waals surface area contributed by atoms with Gasteiger partial charge in [0, 0.05) is 41.7 Å². The van der Waals surface area contributed by atoms with Gasteiger partial charge in [-0.1, -0.05) is 0 Å². The second-order valence-electron chi connectivity index (χ2n) is 6.03. The van der Waals surface area contributed by atoms with E-state index in [4.69, 9.17) is 0 Å². The lowest BCUT2D eigenvalue weighted by molar-refractivity contribution is 0.270. The van der Waals surface area contributed by atoms with Crippen LogP contribution in [0.15, 0.2) is 23.0 Å². The molecule has 1 unspecified atom stereocenters. The van der Waals surface area contributed by atoms with Crippen LogP contribution in [0.1, 0.15) is 17.7 Å².